The Labute approximate surface area is 139 Å². The van der Waals surface area contributed by atoms with Gasteiger partial charge in [-0.05, 0) is 36.2 Å². The maximum atomic E-state index is 13.0. The van der Waals surface area contributed by atoms with E-state index in [9.17, 15) is 9.18 Å². The molecule has 0 unspecified atom stereocenters. The Kier molecular flexibility index (Phi) is 3.76. The normalized spacial score (nSPS) is 17.5. The molecule has 1 atom stereocenters. The first-order valence-electron chi connectivity index (χ1n) is 8.14. The van der Waals surface area contributed by atoms with Gasteiger partial charge in [-0.25, -0.2) is 9.37 Å². The Balaban J connectivity index is 1.45. The predicted octanol–water partition coefficient (Wildman–Crippen LogP) is 3.19. The van der Waals surface area contributed by atoms with Crippen LogP contribution >= 0.6 is 0 Å². The van der Waals surface area contributed by atoms with E-state index in [4.69, 9.17) is 0 Å². The van der Waals surface area contributed by atoms with E-state index in [0.717, 1.165) is 29.6 Å². The number of amides is 1. The maximum absolute atomic E-state index is 13.0. The minimum Gasteiger partial charge on any atom is -0.341 e. The summed E-state index contributed by atoms with van der Waals surface area (Å²) in [5.41, 5.74) is 2.97. The van der Waals surface area contributed by atoms with E-state index in [1.54, 1.807) is 6.33 Å². The molecule has 4 nitrogen and oxygen atoms in total. The molecule has 1 aliphatic heterocycles. The van der Waals surface area contributed by atoms with Crippen molar-refractivity contribution in [3.05, 3.63) is 66.2 Å². The zero-order chi connectivity index (χ0) is 16.5. The Morgan fingerprint density at radius 3 is 2.79 bits per heavy atom. The van der Waals surface area contributed by atoms with E-state index in [1.165, 1.54) is 12.1 Å². The van der Waals surface area contributed by atoms with Gasteiger partial charge in [0.25, 0.3) is 0 Å². The highest BCUT2D eigenvalue weighted by Crippen LogP contribution is 2.27. The second-order valence-electron chi connectivity index (χ2n) is 6.24. The molecule has 0 aliphatic carbocycles. The predicted molar refractivity (Wildman–Crippen MR) is 90.1 cm³/mol. The summed E-state index contributed by atoms with van der Waals surface area (Å²) in [5, 5.41) is 0. The molecule has 1 aliphatic rings. The first-order valence-corrected chi connectivity index (χ1v) is 8.14. The van der Waals surface area contributed by atoms with Crippen molar-refractivity contribution in [1.29, 1.82) is 0 Å². The lowest BCUT2D eigenvalue weighted by molar-refractivity contribution is -0.130. The summed E-state index contributed by atoms with van der Waals surface area (Å²) >= 11 is 0. The minimum absolute atomic E-state index is 0.0998. The van der Waals surface area contributed by atoms with Gasteiger partial charge in [0, 0.05) is 19.0 Å². The van der Waals surface area contributed by atoms with Crippen LogP contribution in [0.25, 0.3) is 11.0 Å². The van der Waals surface area contributed by atoms with Crippen molar-refractivity contribution in [3.8, 4) is 0 Å². The third kappa shape index (κ3) is 2.77. The van der Waals surface area contributed by atoms with Crippen LogP contribution in [0.5, 0.6) is 0 Å². The third-order valence-corrected chi connectivity index (χ3v) is 4.72. The van der Waals surface area contributed by atoms with Gasteiger partial charge in [0.05, 0.1) is 17.4 Å². The summed E-state index contributed by atoms with van der Waals surface area (Å²) in [5.74, 6) is 0.161. The molecule has 4 rings (SSSR count). The van der Waals surface area contributed by atoms with E-state index in [1.807, 2.05) is 45.9 Å². The lowest BCUT2D eigenvalue weighted by Gasteiger charge is -2.17. The van der Waals surface area contributed by atoms with Crippen LogP contribution < -0.4 is 0 Å². The van der Waals surface area contributed by atoms with Gasteiger partial charge in [-0.3, -0.25) is 4.79 Å². The van der Waals surface area contributed by atoms with Crippen molar-refractivity contribution >= 4 is 16.9 Å². The number of hydrogen-bond acceptors (Lipinski definition) is 2. The number of carbonyl (C=O) groups is 1. The number of halogens is 1. The average molecular weight is 323 g/mol. The molecule has 1 amide bonds. The standard InChI is InChI=1S/C19H18FN3O/c20-16-7-5-14(6-8-16)15-9-10-22(11-15)19(24)12-23-13-21-17-3-1-2-4-18(17)23/h1-8,13,15H,9-12H2/t15-/m0/s1. The van der Waals surface area contributed by atoms with Gasteiger partial charge in [-0.1, -0.05) is 24.3 Å². The quantitative estimate of drug-likeness (QED) is 0.742. The van der Waals surface area contributed by atoms with E-state index < -0.39 is 0 Å². The topological polar surface area (TPSA) is 38.1 Å². The van der Waals surface area contributed by atoms with Gasteiger partial charge in [-0.2, -0.15) is 0 Å². The molecule has 0 spiro atoms. The Hall–Kier alpha value is -2.69. The number of fused-ring (bicyclic) bond motifs is 1. The van der Waals surface area contributed by atoms with Crippen LogP contribution in [-0.2, 0) is 11.3 Å². The lowest BCUT2D eigenvalue weighted by Crippen LogP contribution is -2.31. The number of nitrogens with zero attached hydrogens (tertiary/aromatic N) is 3. The van der Waals surface area contributed by atoms with Gasteiger partial charge in [0.15, 0.2) is 0 Å². The molecule has 2 heterocycles. The second-order valence-corrected chi connectivity index (χ2v) is 6.24. The summed E-state index contributed by atoms with van der Waals surface area (Å²) < 4.78 is 14.9. The molecule has 24 heavy (non-hydrogen) atoms. The number of likely N-dealkylation sites (tertiary alicyclic amines) is 1. The SMILES string of the molecule is O=C(Cn1cnc2ccccc21)N1CC[C@H](c2ccc(F)cc2)C1. The zero-order valence-corrected chi connectivity index (χ0v) is 13.2. The van der Waals surface area contributed by atoms with Crippen molar-refractivity contribution in [2.24, 2.45) is 0 Å². The number of hydrogen-bond donors (Lipinski definition) is 0. The molecule has 122 valence electrons. The van der Waals surface area contributed by atoms with E-state index >= 15 is 0 Å². The van der Waals surface area contributed by atoms with Crippen LogP contribution in [-0.4, -0.2) is 33.4 Å². The van der Waals surface area contributed by atoms with Crippen LogP contribution in [0.3, 0.4) is 0 Å². The maximum Gasteiger partial charge on any atom is 0.242 e. The largest absolute Gasteiger partial charge is 0.341 e. The number of imidazole rings is 1. The smallest absolute Gasteiger partial charge is 0.242 e. The van der Waals surface area contributed by atoms with Crippen molar-refractivity contribution in [3.63, 3.8) is 0 Å². The molecule has 0 saturated carbocycles. The van der Waals surface area contributed by atoms with Crippen molar-refractivity contribution in [1.82, 2.24) is 14.5 Å². The molecule has 1 aromatic heterocycles. The van der Waals surface area contributed by atoms with E-state index in [0.29, 0.717) is 13.1 Å². The molecular formula is C19H18FN3O. The molecule has 0 N–H and O–H groups in total. The molecule has 2 aromatic carbocycles. The van der Waals surface area contributed by atoms with Gasteiger partial charge in [0.1, 0.15) is 12.4 Å². The highest BCUT2D eigenvalue weighted by molar-refractivity contribution is 5.80. The molecular weight excluding hydrogens is 305 g/mol. The highest BCUT2D eigenvalue weighted by Gasteiger charge is 2.27. The third-order valence-electron chi connectivity index (χ3n) is 4.72. The van der Waals surface area contributed by atoms with Crippen LogP contribution in [0, 0.1) is 5.82 Å². The lowest BCUT2D eigenvalue weighted by atomic mass is 9.99. The first-order chi connectivity index (χ1) is 11.7. The number of para-hydroxylation sites is 2. The number of benzene rings is 2. The zero-order valence-electron chi connectivity index (χ0n) is 13.2. The number of rotatable bonds is 3. The van der Waals surface area contributed by atoms with Crippen LogP contribution in [0.2, 0.25) is 0 Å². The molecule has 0 radical (unpaired) electrons. The number of carbonyl (C=O) groups excluding carboxylic acids is 1. The first kappa shape index (κ1) is 14.9. The summed E-state index contributed by atoms with van der Waals surface area (Å²) in [6.45, 7) is 1.74. The van der Waals surface area contributed by atoms with Crippen molar-refractivity contribution < 1.29 is 9.18 Å². The number of aromatic nitrogens is 2. The molecule has 3 aromatic rings. The van der Waals surface area contributed by atoms with Gasteiger partial charge in [0.2, 0.25) is 5.91 Å². The van der Waals surface area contributed by atoms with Gasteiger partial charge >= 0.3 is 0 Å². The summed E-state index contributed by atoms with van der Waals surface area (Å²) in [7, 11) is 0. The monoisotopic (exact) mass is 323 g/mol. The van der Waals surface area contributed by atoms with Crippen LogP contribution in [0.4, 0.5) is 4.39 Å². The van der Waals surface area contributed by atoms with E-state index in [-0.39, 0.29) is 17.6 Å². The fraction of sp³-hybridized carbons (Fsp3) is 0.263. The Bertz CT molecular complexity index is 872. The summed E-state index contributed by atoms with van der Waals surface area (Å²) in [4.78, 5) is 18.8. The summed E-state index contributed by atoms with van der Waals surface area (Å²) in [6, 6.07) is 14.4. The Morgan fingerprint density at radius 1 is 1.17 bits per heavy atom. The average Bonchev–Trinajstić information content (AvgIpc) is 3.23. The molecule has 1 saturated heterocycles. The van der Waals surface area contributed by atoms with Crippen molar-refractivity contribution in [2.45, 2.75) is 18.9 Å². The van der Waals surface area contributed by atoms with Crippen molar-refractivity contribution in [2.75, 3.05) is 13.1 Å². The van der Waals surface area contributed by atoms with Crippen LogP contribution in [0.15, 0.2) is 54.9 Å². The molecule has 5 heteroatoms. The Morgan fingerprint density at radius 2 is 1.96 bits per heavy atom. The summed E-state index contributed by atoms with van der Waals surface area (Å²) in [6.07, 6.45) is 2.64. The van der Waals surface area contributed by atoms with Gasteiger partial charge in [-0.15, -0.1) is 0 Å². The fourth-order valence-electron chi connectivity index (χ4n) is 3.38. The van der Waals surface area contributed by atoms with Crippen LogP contribution in [0.1, 0.15) is 17.9 Å². The fourth-order valence-corrected chi connectivity index (χ4v) is 3.38. The van der Waals surface area contributed by atoms with E-state index in [2.05, 4.69) is 4.98 Å². The highest BCUT2D eigenvalue weighted by atomic mass is 19.1. The molecule has 0 bridgehead atoms. The van der Waals surface area contributed by atoms with Gasteiger partial charge < -0.3 is 9.47 Å². The molecule has 1 fully saturated rings. The second kappa shape index (κ2) is 6.07. The minimum atomic E-state index is -0.225.